The Balaban J connectivity index is 2.28. The van der Waals surface area contributed by atoms with Gasteiger partial charge in [-0.3, -0.25) is 28.8 Å². The second-order valence-corrected chi connectivity index (χ2v) is 13.5. The van der Waals surface area contributed by atoms with Gasteiger partial charge in [0.05, 0.1) is 12.5 Å². The number of unbranched alkanes of at least 4 members (excludes halogenated alkanes) is 1. The summed E-state index contributed by atoms with van der Waals surface area (Å²) >= 11 is 0. The van der Waals surface area contributed by atoms with Crippen LogP contribution in [0.3, 0.4) is 0 Å². The highest BCUT2D eigenvalue weighted by atomic mass is 16.4. The average Bonchev–Trinajstić information content (AvgIpc) is 3.60. The second kappa shape index (κ2) is 20.8. The van der Waals surface area contributed by atoms with E-state index in [0.29, 0.717) is 37.9 Å². The molecular formula is C34H54N8O9. The van der Waals surface area contributed by atoms with Gasteiger partial charge in [0.2, 0.25) is 35.4 Å². The molecule has 17 nitrogen and oxygen atoms in total. The van der Waals surface area contributed by atoms with Crippen LogP contribution < -0.4 is 43.4 Å². The topological polar surface area (TPSA) is 284 Å². The van der Waals surface area contributed by atoms with Crippen LogP contribution in [-0.4, -0.2) is 101 Å². The van der Waals surface area contributed by atoms with Gasteiger partial charge in [-0.05, 0) is 74.7 Å². The van der Waals surface area contributed by atoms with Crippen molar-refractivity contribution in [2.45, 2.75) is 109 Å². The van der Waals surface area contributed by atoms with Gasteiger partial charge in [0.1, 0.15) is 36.0 Å². The number of rotatable bonds is 21. The van der Waals surface area contributed by atoms with Crippen LogP contribution in [0.2, 0.25) is 0 Å². The first kappa shape index (κ1) is 42.4. The maximum atomic E-state index is 13.7. The van der Waals surface area contributed by atoms with Crippen LogP contribution in [-0.2, 0) is 40.0 Å². The number of benzene rings is 1. The standard InChI is InChI=1S/C34H54N8O9/c1-18(2)27(41-29(45)22-9-7-15-37-22)32(48)38-23(8-5-6-14-35)30(46)42-28(19(3)4)33(49)39-24(16-20-10-12-21(43)13-11-20)31(47)40-25(34(50)51)17-26(36)44/h10-13,18-19,22-25,27-28,37,43H,5-9,14-17,35H2,1-4H3,(H2,36,44)(H,38,48)(H,39,49)(H,40,47)(H,41,45)(H,42,46)(H,50,51)/t22-,23-,24-,25-,27-,28-/m0/s1. The first-order chi connectivity index (χ1) is 24.0. The van der Waals surface area contributed by atoms with Crippen molar-refractivity contribution in [3.05, 3.63) is 29.8 Å². The number of amides is 6. The molecule has 0 bridgehead atoms. The van der Waals surface area contributed by atoms with Crippen molar-refractivity contribution in [2.24, 2.45) is 23.3 Å². The lowest BCUT2D eigenvalue weighted by molar-refractivity contribution is -0.143. The van der Waals surface area contributed by atoms with Crippen LogP contribution in [0, 0.1) is 11.8 Å². The number of hydrogen-bond acceptors (Lipinski definition) is 10. The zero-order valence-corrected chi connectivity index (χ0v) is 29.7. The fraction of sp³-hybridized carbons (Fsp3) is 0.618. The highest BCUT2D eigenvalue weighted by molar-refractivity contribution is 5.97. The zero-order valence-electron chi connectivity index (χ0n) is 29.7. The highest BCUT2D eigenvalue weighted by Gasteiger charge is 2.35. The Hall–Kier alpha value is -4.77. The summed E-state index contributed by atoms with van der Waals surface area (Å²) in [5, 5.41) is 35.3. The van der Waals surface area contributed by atoms with Gasteiger partial charge < -0.3 is 53.6 Å². The van der Waals surface area contributed by atoms with Crippen LogP contribution in [0.5, 0.6) is 5.75 Å². The van der Waals surface area contributed by atoms with Crippen molar-refractivity contribution in [2.75, 3.05) is 13.1 Å². The normalized spacial score (nSPS) is 17.0. The van der Waals surface area contributed by atoms with E-state index < -0.39 is 84.1 Å². The van der Waals surface area contributed by atoms with Crippen molar-refractivity contribution in [1.82, 2.24) is 31.9 Å². The van der Waals surface area contributed by atoms with E-state index in [4.69, 9.17) is 11.5 Å². The fourth-order valence-corrected chi connectivity index (χ4v) is 5.52. The number of carboxylic acid groups (broad SMARTS) is 1. The number of nitrogens with two attached hydrogens (primary N) is 2. The van der Waals surface area contributed by atoms with Crippen molar-refractivity contribution in [3.8, 4) is 5.75 Å². The predicted molar refractivity (Wildman–Crippen MR) is 187 cm³/mol. The third-order valence-electron chi connectivity index (χ3n) is 8.48. The zero-order chi connectivity index (χ0) is 38.2. The first-order valence-electron chi connectivity index (χ1n) is 17.3. The average molecular weight is 719 g/mol. The molecule has 1 aromatic carbocycles. The molecule has 1 saturated heterocycles. The number of carbonyl (C=O) groups excluding carboxylic acids is 6. The number of carboxylic acids is 1. The Morgan fingerprint density at radius 3 is 1.84 bits per heavy atom. The number of hydrogen-bond donors (Lipinski definition) is 10. The van der Waals surface area contributed by atoms with Gasteiger partial charge in [-0.15, -0.1) is 0 Å². The van der Waals surface area contributed by atoms with Gasteiger partial charge in [-0.1, -0.05) is 39.8 Å². The summed E-state index contributed by atoms with van der Waals surface area (Å²) in [6.45, 7) is 7.92. The third-order valence-corrected chi connectivity index (χ3v) is 8.48. The van der Waals surface area contributed by atoms with Crippen molar-refractivity contribution in [1.29, 1.82) is 0 Å². The summed E-state index contributed by atoms with van der Waals surface area (Å²) in [4.78, 5) is 90.3. The number of carbonyl (C=O) groups is 7. The Bertz CT molecular complexity index is 1370. The molecule has 1 fully saturated rings. The van der Waals surface area contributed by atoms with Gasteiger partial charge in [-0.25, -0.2) is 4.79 Å². The molecule has 1 heterocycles. The predicted octanol–water partition coefficient (Wildman–Crippen LogP) is -1.49. The van der Waals surface area contributed by atoms with E-state index in [1.165, 1.54) is 24.3 Å². The number of nitrogens with one attached hydrogen (secondary N) is 6. The molecule has 51 heavy (non-hydrogen) atoms. The Morgan fingerprint density at radius 2 is 1.33 bits per heavy atom. The molecule has 6 amide bonds. The molecule has 0 saturated carbocycles. The minimum absolute atomic E-state index is 0.0419. The molecule has 12 N–H and O–H groups in total. The van der Waals surface area contributed by atoms with E-state index in [9.17, 15) is 43.8 Å². The van der Waals surface area contributed by atoms with E-state index >= 15 is 0 Å². The summed E-state index contributed by atoms with van der Waals surface area (Å²) in [5.74, 6) is -6.60. The SMILES string of the molecule is CC(C)[C@H](NC(=O)[C@H](CCCCN)NC(=O)[C@@H](NC(=O)[C@@H]1CCCN1)C(C)C)C(=O)N[C@@H](Cc1ccc(O)cc1)C(=O)N[C@@H](CC(N)=O)C(=O)O. The lowest BCUT2D eigenvalue weighted by Crippen LogP contribution is -2.61. The van der Waals surface area contributed by atoms with Crippen molar-refractivity contribution in [3.63, 3.8) is 0 Å². The third kappa shape index (κ3) is 14.2. The van der Waals surface area contributed by atoms with Gasteiger partial charge >= 0.3 is 5.97 Å². The second-order valence-electron chi connectivity index (χ2n) is 13.5. The molecule has 0 unspecified atom stereocenters. The van der Waals surface area contributed by atoms with Crippen LogP contribution >= 0.6 is 0 Å². The summed E-state index contributed by atoms with van der Waals surface area (Å²) in [5.41, 5.74) is 11.3. The summed E-state index contributed by atoms with van der Waals surface area (Å²) in [7, 11) is 0. The maximum Gasteiger partial charge on any atom is 0.326 e. The molecule has 6 atom stereocenters. The molecule has 0 aromatic heterocycles. The van der Waals surface area contributed by atoms with E-state index in [1.54, 1.807) is 27.7 Å². The number of phenolic OH excluding ortho intramolecular Hbond substituents is 1. The monoisotopic (exact) mass is 718 g/mol. The van der Waals surface area contributed by atoms with E-state index in [-0.39, 0.29) is 30.4 Å². The number of primary amides is 1. The Morgan fingerprint density at radius 1 is 0.784 bits per heavy atom. The van der Waals surface area contributed by atoms with E-state index in [2.05, 4.69) is 31.9 Å². The van der Waals surface area contributed by atoms with Crippen molar-refractivity contribution >= 4 is 41.4 Å². The molecule has 1 aromatic rings. The Labute approximate surface area is 297 Å². The number of phenols is 1. The van der Waals surface area contributed by atoms with Crippen molar-refractivity contribution < 1.29 is 43.8 Å². The van der Waals surface area contributed by atoms with E-state index in [1.807, 2.05) is 0 Å². The lowest BCUT2D eigenvalue weighted by Gasteiger charge is -2.29. The summed E-state index contributed by atoms with van der Waals surface area (Å²) in [6, 6.07) is -0.934. The smallest absolute Gasteiger partial charge is 0.326 e. The van der Waals surface area contributed by atoms with Crippen LogP contribution in [0.1, 0.15) is 71.8 Å². The largest absolute Gasteiger partial charge is 0.508 e. The minimum Gasteiger partial charge on any atom is -0.508 e. The molecular weight excluding hydrogens is 664 g/mol. The fourth-order valence-electron chi connectivity index (χ4n) is 5.52. The van der Waals surface area contributed by atoms with Crippen LogP contribution in [0.4, 0.5) is 0 Å². The molecule has 1 aliphatic rings. The van der Waals surface area contributed by atoms with Gasteiger partial charge in [-0.2, -0.15) is 0 Å². The lowest BCUT2D eigenvalue weighted by atomic mass is 9.99. The minimum atomic E-state index is -1.67. The molecule has 0 spiro atoms. The number of aliphatic carboxylic acids is 1. The molecule has 0 radical (unpaired) electrons. The molecule has 284 valence electrons. The van der Waals surface area contributed by atoms with Gasteiger partial charge in [0.15, 0.2) is 0 Å². The molecule has 1 aliphatic heterocycles. The molecule has 0 aliphatic carbocycles. The molecule has 2 rings (SSSR count). The summed E-state index contributed by atoms with van der Waals surface area (Å²) < 4.78 is 0. The highest BCUT2D eigenvalue weighted by Crippen LogP contribution is 2.14. The van der Waals surface area contributed by atoms with Crippen LogP contribution in [0.25, 0.3) is 0 Å². The Kier molecular flexibility index (Phi) is 17.3. The number of aromatic hydroxyl groups is 1. The van der Waals surface area contributed by atoms with Crippen LogP contribution in [0.15, 0.2) is 24.3 Å². The van der Waals surface area contributed by atoms with Gasteiger partial charge in [0.25, 0.3) is 0 Å². The molecule has 17 heteroatoms. The van der Waals surface area contributed by atoms with Gasteiger partial charge in [0, 0.05) is 6.42 Å². The van der Waals surface area contributed by atoms with E-state index in [0.717, 1.165) is 6.42 Å². The first-order valence-corrected chi connectivity index (χ1v) is 17.3. The maximum absolute atomic E-state index is 13.7. The summed E-state index contributed by atoms with van der Waals surface area (Å²) in [6.07, 6.45) is 1.87. The quantitative estimate of drug-likeness (QED) is 0.0654.